The van der Waals surface area contributed by atoms with Gasteiger partial charge in [0.05, 0.1) is 7.11 Å². The van der Waals surface area contributed by atoms with Crippen molar-refractivity contribution in [2.45, 2.75) is 19.4 Å². The molecule has 0 aliphatic carbocycles. The van der Waals surface area contributed by atoms with Crippen LogP contribution in [0.5, 0.6) is 0 Å². The lowest BCUT2D eigenvalue weighted by Crippen LogP contribution is -2.22. The molecule has 1 aromatic heterocycles. The number of carbonyl (C=O) groups excluding carboxylic acids is 1. The summed E-state index contributed by atoms with van der Waals surface area (Å²) in [5, 5.41) is 0. The molecular formula is C11H19N3O2. The number of aromatic nitrogens is 2. The second-order valence-corrected chi connectivity index (χ2v) is 4.00. The van der Waals surface area contributed by atoms with Crippen LogP contribution in [0.15, 0.2) is 12.4 Å². The van der Waals surface area contributed by atoms with E-state index < -0.39 is 0 Å². The maximum Gasteiger partial charge on any atom is 0.328 e. The van der Waals surface area contributed by atoms with Gasteiger partial charge in [-0.05, 0) is 21.0 Å². The first-order valence-electron chi connectivity index (χ1n) is 5.30. The van der Waals surface area contributed by atoms with Crippen molar-refractivity contribution >= 4 is 5.97 Å². The number of imidazole rings is 1. The topological polar surface area (TPSA) is 47.4 Å². The molecule has 0 N–H and O–H groups in total. The predicted octanol–water partition coefficient (Wildman–Crippen LogP) is 0.721. The third kappa shape index (κ3) is 3.06. The lowest BCUT2D eigenvalue weighted by Gasteiger charge is -2.15. The minimum absolute atomic E-state index is 0.246. The summed E-state index contributed by atoms with van der Waals surface area (Å²) in [6, 6.07) is -0.315. The smallest absolute Gasteiger partial charge is 0.328 e. The van der Waals surface area contributed by atoms with Crippen LogP contribution in [0.4, 0.5) is 0 Å². The molecule has 16 heavy (non-hydrogen) atoms. The van der Waals surface area contributed by atoms with Crippen molar-refractivity contribution < 1.29 is 9.53 Å². The summed E-state index contributed by atoms with van der Waals surface area (Å²) in [5.74, 6) is 0.663. The second-order valence-electron chi connectivity index (χ2n) is 4.00. The van der Waals surface area contributed by atoms with E-state index in [1.807, 2.05) is 31.8 Å². The van der Waals surface area contributed by atoms with E-state index in [0.29, 0.717) is 0 Å². The highest BCUT2D eigenvalue weighted by molar-refractivity contribution is 5.73. The molecule has 0 aromatic carbocycles. The van der Waals surface area contributed by atoms with Gasteiger partial charge in [-0.25, -0.2) is 9.78 Å². The van der Waals surface area contributed by atoms with Gasteiger partial charge in [0.2, 0.25) is 0 Å². The van der Waals surface area contributed by atoms with Crippen LogP contribution in [-0.2, 0) is 16.0 Å². The molecule has 1 rings (SSSR count). The van der Waals surface area contributed by atoms with Gasteiger partial charge < -0.3 is 14.2 Å². The summed E-state index contributed by atoms with van der Waals surface area (Å²) in [7, 11) is 5.42. The van der Waals surface area contributed by atoms with Gasteiger partial charge in [-0.15, -0.1) is 0 Å². The molecule has 0 aliphatic rings. The fourth-order valence-corrected chi connectivity index (χ4v) is 1.50. The predicted molar refractivity (Wildman–Crippen MR) is 61.2 cm³/mol. The van der Waals surface area contributed by atoms with E-state index >= 15 is 0 Å². The molecule has 0 aliphatic heterocycles. The Morgan fingerprint density at radius 1 is 1.62 bits per heavy atom. The highest BCUT2D eigenvalue weighted by Gasteiger charge is 2.17. The number of ether oxygens (including phenoxy) is 1. The SMILES string of the molecule is COC(=O)C(C)n1ccnc1CCN(C)C. The van der Waals surface area contributed by atoms with Crippen molar-refractivity contribution in [1.29, 1.82) is 0 Å². The fraction of sp³-hybridized carbons (Fsp3) is 0.636. The molecule has 0 spiro atoms. The normalized spacial score (nSPS) is 12.8. The molecule has 0 bridgehead atoms. The van der Waals surface area contributed by atoms with Crippen molar-refractivity contribution in [2.75, 3.05) is 27.7 Å². The fourth-order valence-electron chi connectivity index (χ4n) is 1.50. The van der Waals surface area contributed by atoms with Gasteiger partial charge in [0.25, 0.3) is 0 Å². The van der Waals surface area contributed by atoms with Crippen molar-refractivity contribution in [3.05, 3.63) is 18.2 Å². The van der Waals surface area contributed by atoms with Crippen molar-refractivity contribution in [1.82, 2.24) is 14.5 Å². The molecule has 90 valence electrons. The Morgan fingerprint density at radius 2 is 2.31 bits per heavy atom. The number of hydrogen-bond donors (Lipinski definition) is 0. The Morgan fingerprint density at radius 3 is 2.88 bits per heavy atom. The van der Waals surface area contributed by atoms with Crippen LogP contribution in [0.25, 0.3) is 0 Å². The molecular weight excluding hydrogens is 206 g/mol. The molecule has 5 nitrogen and oxygen atoms in total. The number of likely N-dealkylation sites (N-methyl/N-ethyl adjacent to an activating group) is 1. The summed E-state index contributed by atoms with van der Waals surface area (Å²) < 4.78 is 6.57. The molecule has 1 unspecified atom stereocenters. The minimum Gasteiger partial charge on any atom is -0.467 e. The molecule has 1 aromatic rings. The lowest BCUT2D eigenvalue weighted by atomic mass is 10.3. The Bertz CT molecular complexity index is 347. The molecule has 0 radical (unpaired) electrons. The summed E-state index contributed by atoms with van der Waals surface area (Å²) in [5.41, 5.74) is 0. The quantitative estimate of drug-likeness (QED) is 0.693. The maximum atomic E-state index is 11.4. The highest BCUT2D eigenvalue weighted by atomic mass is 16.5. The molecule has 0 saturated carbocycles. The van der Waals surface area contributed by atoms with Crippen LogP contribution < -0.4 is 0 Å². The van der Waals surface area contributed by atoms with Gasteiger partial charge >= 0.3 is 5.97 Å². The Labute approximate surface area is 96.0 Å². The molecule has 1 heterocycles. The first-order valence-corrected chi connectivity index (χ1v) is 5.30. The zero-order chi connectivity index (χ0) is 12.1. The average molecular weight is 225 g/mol. The van der Waals surface area contributed by atoms with Crippen LogP contribution >= 0.6 is 0 Å². The van der Waals surface area contributed by atoms with Gasteiger partial charge in [-0.1, -0.05) is 0 Å². The van der Waals surface area contributed by atoms with E-state index in [0.717, 1.165) is 18.8 Å². The second kappa shape index (κ2) is 5.65. The van der Waals surface area contributed by atoms with E-state index in [-0.39, 0.29) is 12.0 Å². The van der Waals surface area contributed by atoms with Crippen LogP contribution in [0.2, 0.25) is 0 Å². The van der Waals surface area contributed by atoms with Crippen LogP contribution in [0.3, 0.4) is 0 Å². The monoisotopic (exact) mass is 225 g/mol. The summed E-state index contributed by atoms with van der Waals surface area (Å²) >= 11 is 0. The van der Waals surface area contributed by atoms with Gasteiger partial charge in [-0.3, -0.25) is 0 Å². The molecule has 0 amide bonds. The Hall–Kier alpha value is -1.36. The Kier molecular flexibility index (Phi) is 4.49. The Balaban J connectivity index is 2.73. The van der Waals surface area contributed by atoms with Crippen LogP contribution in [0.1, 0.15) is 18.8 Å². The molecule has 1 atom stereocenters. The third-order valence-electron chi connectivity index (χ3n) is 2.49. The number of methoxy groups -OCH3 is 1. The summed E-state index contributed by atoms with van der Waals surface area (Å²) in [6.07, 6.45) is 4.35. The van der Waals surface area contributed by atoms with Gasteiger partial charge in [0, 0.05) is 25.4 Å². The number of esters is 1. The van der Waals surface area contributed by atoms with E-state index in [4.69, 9.17) is 4.74 Å². The van der Waals surface area contributed by atoms with Gasteiger partial charge in [0.1, 0.15) is 11.9 Å². The van der Waals surface area contributed by atoms with Crippen molar-refractivity contribution in [2.24, 2.45) is 0 Å². The standard InChI is InChI=1S/C11H19N3O2/c1-9(11(15)16-4)14-8-6-12-10(14)5-7-13(2)3/h6,8-9H,5,7H2,1-4H3. The summed E-state index contributed by atoms with van der Waals surface area (Å²) in [6.45, 7) is 2.72. The van der Waals surface area contributed by atoms with E-state index in [9.17, 15) is 4.79 Å². The van der Waals surface area contributed by atoms with Crippen LogP contribution in [0, 0.1) is 0 Å². The highest BCUT2D eigenvalue weighted by Crippen LogP contribution is 2.11. The van der Waals surface area contributed by atoms with E-state index in [2.05, 4.69) is 9.88 Å². The van der Waals surface area contributed by atoms with Crippen LogP contribution in [-0.4, -0.2) is 48.2 Å². The first-order chi connectivity index (χ1) is 7.56. The van der Waals surface area contributed by atoms with Crippen molar-refractivity contribution in [3.8, 4) is 0 Å². The van der Waals surface area contributed by atoms with Gasteiger partial charge in [0.15, 0.2) is 0 Å². The average Bonchev–Trinajstić information content (AvgIpc) is 2.72. The third-order valence-corrected chi connectivity index (χ3v) is 2.49. The summed E-state index contributed by atoms with van der Waals surface area (Å²) in [4.78, 5) is 17.8. The molecule has 5 heteroatoms. The zero-order valence-electron chi connectivity index (χ0n) is 10.3. The maximum absolute atomic E-state index is 11.4. The van der Waals surface area contributed by atoms with Gasteiger partial charge in [-0.2, -0.15) is 0 Å². The molecule has 0 saturated heterocycles. The molecule has 0 fully saturated rings. The first kappa shape index (κ1) is 12.7. The number of hydrogen-bond acceptors (Lipinski definition) is 4. The largest absolute Gasteiger partial charge is 0.467 e. The van der Waals surface area contributed by atoms with E-state index in [1.165, 1.54) is 7.11 Å². The number of carbonyl (C=O) groups is 1. The minimum atomic E-state index is -0.315. The zero-order valence-corrected chi connectivity index (χ0v) is 10.3. The number of nitrogens with zero attached hydrogens (tertiary/aromatic N) is 3. The van der Waals surface area contributed by atoms with E-state index in [1.54, 1.807) is 6.20 Å². The van der Waals surface area contributed by atoms with Crippen molar-refractivity contribution in [3.63, 3.8) is 0 Å². The lowest BCUT2D eigenvalue weighted by molar-refractivity contribution is -0.144. The number of rotatable bonds is 5.